The molecule has 0 radical (unpaired) electrons. The maximum atomic E-state index is 10.4. The minimum atomic E-state index is -1.12. The SMILES string of the molecule is O=C([O-])CSc1nncn1-c1ccccc1. The van der Waals surface area contributed by atoms with E-state index in [9.17, 15) is 9.90 Å². The summed E-state index contributed by atoms with van der Waals surface area (Å²) in [4.78, 5) is 10.4. The van der Waals surface area contributed by atoms with Gasteiger partial charge in [-0.2, -0.15) is 0 Å². The molecule has 0 atom stereocenters. The van der Waals surface area contributed by atoms with Gasteiger partial charge in [0, 0.05) is 11.4 Å². The van der Waals surface area contributed by atoms with E-state index in [1.807, 2.05) is 30.3 Å². The number of hydrogen-bond donors (Lipinski definition) is 0. The van der Waals surface area contributed by atoms with E-state index in [0.717, 1.165) is 17.4 Å². The van der Waals surface area contributed by atoms with Crippen LogP contribution in [0.2, 0.25) is 0 Å². The van der Waals surface area contributed by atoms with Crippen molar-refractivity contribution in [3.8, 4) is 5.69 Å². The maximum absolute atomic E-state index is 10.4. The summed E-state index contributed by atoms with van der Waals surface area (Å²) in [5, 5.41) is 18.5. The first-order chi connectivity index (χ1) is 7.77. The molecular formula is C10H8N3O2S-. The number of carbonyl (C=O) groups excluding carboxylic acids is 1. The van der Waals surface area contributed by atoms with Gasteiger partial charge in [0.25, 0.3) is 0 Å². The standard InChI is InChI=1S/C10H9N3O2S/c14-9(15)6-16-10-12-11-7-13(10)8-4-2-1-3-5-8/h1-5,7H,6H2,(H,14,15)/p-1. The van der Waals surface area contributed by atoms with Gasteiger partial charge in [0.2, 0.25) is 0 Å². The topological polar surface area (TPSA) is 70.8 Å². The van der Waals surface area contributed by atoms with Gasteiger partial charge in [-0.15, -0.1) is 10.2 Å². The van der Waals surface area contributed by atoms with Crippen molar-refractivity contribution in [1.82, 2.24) is 14.8 Å². The van der Waals surface area contributed by atoms with Crippen molar-refractivity contribution in [2.24, 2.45) is 0 Å². The van der Waals surface area contributed by atoms with E-state index in [-0.39, 0.29) is 5.75 Å². The predicted molar refractivity (Wildman–Crippen MR) is 57.1 cm³/mol. The zero-order valence-corrected chi connectivity index (χ0v) is 9.05. The average Bonchev–Trinajstić information content (AvgIpc) is 2.75. The summed E-state index contributed by atoms with van der Waals surface area (Å²) in [5.41, 5.74) is 0.897. The molecule has 0 saturated heterocycles. The first-order valence-electron chi connectivity index (χ1n) is 4.55. The number of nitrogens with zero attached hydrogens (tertiary/aromatic N) is 3. The molecule has 0 bridgehead atoms. The lowest BCUT2D eigenvalue weighted by molar-refractivity contribution is -0.301. The number of carboxylic acid groups (broad SMARTS) is 1. The second-order valence-electron chi connectivity index (χ2n) is 2.98. The third kappa shape index (κ3) is 2.40. The van der Waals surface area contributed by atoms with Crippen LogP contribution in [0, 0.1) is 0 Å². The third-order valence-electron chi connectivity index (χ3n) is 1.87. The van der Waals surface area contributed by atoms with Crippen molar-refractivity contribution >= 4 is 17.7 Å². The molecular weight excluding hydrogens is 226 g/mol. The molecule has 16 heavy (non-hydrogen) atoms. The summed E-state index contributed by atoms with van der Waals surface area (Å²) < 4.78 is 1.73. The van der Waals surface area contributed by atoms with E-state index in [0.29, 0.717) is 5.16 Å². The Morgan fingerprint density at radius 1 is 1.38 bits per heavy atom. The lowest BCUT2D eigenvalue weighted by Crippen LogP contribution is -2.24. The van der Waals surface area contributed by atoms with E-state index in [4.69, 9.17) is 0 Å². The number of thioether (sulfide) groups is 1. The van der Waals surface area contributed by atoms with E-state index in [1.165, 1.54) is 0 Å². The predicted octanol–water partition coefficient (Wildman–Crippen LogP) is 0.109. The Hall–Kier alpha value is -1.82. The molecule has 0 amide bonds. The van der Waals surface area contributed by atoms with Crippen LogP contribution >= 0.6 is 11.8 Å². The van der Waals surface area contributed by atoms with Gasteiger partial charge in [-0.05, 0) is 12.1 Å². The molecule has 0 aliphatic heterocycles. The minimum Gasteiger partial charge on any atom is -0.549 e. The lowest BCUT2D eigenvalue weighted by Gasteiger charge is -2.05. The largest absolute Gasteiger partial charge is 0.549 e. The molecule has 0 spiro atoms. The van der Waals surface area contributed by atoms with Crippen LogP contribution in [-0.2, 0) is 4.79 Å². The number of hydrogen-bond acceptors (Lipinski definition) is 5. The van der Waals surface area contributed by atoms with E-state index >= 15 is 0 Å². The molecule has 0 unspecified atom stereocenters. The van der Waals surface area contributed by atoms with Crippen molar-refractivity contribution in [3.63, 3.8) is 0 Å². The molecule has 1 aromatic heterocycles. The van der Waals surface area contributed by atoms with Crippen molar-refractivity contribution in [2.75, 3.05) is 5.75 Å². The number of aromatic nitrogens is 3. The van der Waals surface area contributed by atoms with Crippen molar-refractivity contribution in [1.29, 1.82) is 0 Å². The number of aliphatic carboxylic acids is 1. The first-order valence-corrected chi connectivity index (χ1v) is 5.54. The number of para-hydroxylation sites is 1. The van der Waals surface area contributed by atoms with Gasteiger partial charge in [-0.25, -0.2) is 0 Å². The number of carbonyl (C=O) groups is 1. The molecule has 2 rings (SSSR count). The molecule has 0 N–H and O–H groups in total. The van der Waals surface area contributed by atoms with Gasteiger partial charge in [0.15, 0.2) is 5.16 Å². The fourth-order valence-electron chi connectivity index (χ4n) is 1.21. The highest BCUT2D eigenvalue weighted by molar-refractivity contribution is 7.99. The van der Waals surface area contributed by atoms with Gasteiger partial charge < -0.3 is 9.90 Å². The van der Waals surface area contributed by atoms with Crippen LogP contribution in [0.25, 0.3) is 5.69 Å². The molecule has 6 heteroatoms. The Morgan fingerprint density at radius 2 is 2.12 bits per heavy atom. The fourth-order valence-corrected chi connectivity index (χ4v) is 1.86. The molecule has 2 aromatic rings. The van der Waals surface area contributed by atoms with Gasteiger partial charge in [-0.3, -0.25) is 4.57 Å². The average molecular weight is 234 g/mol. The molecule has 82 valence electrons. The monoisotopic (exact) mass is 234 g/mol. The summed E-state index contributed by atoms with van der Waals surface area (Å²) in [5.74, 6) is -1.25. The van der Waals surface area contributed by atoms with Crippen LogP contribution in [0.1, 0.15) is 0 Å². The van der Waals surface area contributed by atoms with E-state index in [2.05, 4.69) is 10.2 Å². The Balaban J connectivity index is 2.23. The van der Waals surface area contributed by atoms with Crippen LogP contribution < -0.4 is 5.11 Å². The summed E-state index contributed by atoms with van der Waals surface area (Å²) >= 11 is 1.08. The van der Waals surface area contributed by atoms with E-state index in [1.54, 1.807) is 10.9 Å². The van der Waals surface area contributed by atoms with Crippen molar-refractivity contribution in [2.45, 2.75) is 5.16 Å². The summed E-state index contributed by atoms with van der Waals surface area (Å²) in [7, 11) is 0. The molecule has 1 aromatic carbocycles. The Bertz CT molecular complexity index is 484. The summed E-state index contributed by atoms with van der Waals surface area (Å²) in [6.07, 6.45) is 1.55. The Labute approximate surface area is 96.1 Å². The molecule has 5 nitrogen and oxygen atoms in total. The first kappa shape index (κ1) is 10.7. The lowest BCUT2D eigenvalue weighted by atomic mass is 10.3. The molecule has 0 fully saturated rings. The zero-order chi connectivity index (χ0) is 11.4. The fraction of sp³-hybridized carbons (Fsp3) is 0.100. The Kier molecular flexibility index (Phi) is 3.21. The second kappa shape index (κ2) is 4.80. The molecule has 0 aliphatic carbocycles. The van der Waals surface area contributed by atoms with Crippen LogP contribution in [0.15, 0.2) is 41.8 Å². The van der Waals surface area contributed by atoms with Crippen LogP contribution in [0.3, 0.4) is 0 Å². The second-order valence-corrected chi connectivity index (χ2v) is 3.92. The van der Waals surface area contributed by atoms with Crippen molar-refractivity contribution in [3.05, 3.63) is 36.7 Å². The van der Waals surface area contributed by atoms with Crippen LogP contribution in [-0.4, -0.2) is 26.5 Å². The van der Waals surface area contributed by atoms with Gasteiger partial charge in [0.1, 0.15) is 6.33 Å². The summed E-state index contributed by atoms with van der Waals surface area (Å²) in [6, 6.07) is 9.48. The molecule has 0 aliphatic rings. The highest BCUT2D eigenvalue weighted by atomic mass is 32.2. The smallest absolute Gasteiger partial charge is 0.195 e. The normalized spacial score (nSPS) is 10.2. The van der Waals surface area contributed by atoms with E-state index < -0.39 is 5.97 Å². The zero-order valence-electron chi connectivity index (χ0n) is 8.24. The van der Waals surface area contributed by atoms with Crippen LogP contribution in [0.4, 0.5) is 0 Å². The highest BCUT2D eigenvalue weighted by Gasteiger charge is 2.06. The minimum absolute atomic E-state index is 0.133. The Morgan fingerprint density at radius 3 is 2.81 bits per heavy atom. The maximum Gasteiger partial charge on any atom is 0.195 e. The summed E-state index contributed by atoms with van der Waals surface area (Å²) in [6.45, 7) is 0. The van der Waals surface area contributed by atoms with Crippen LogP contribution in [0.5, 0.6) is 0 Å². The number of rotatable bonds is 4. The van der Waals surface area contributed by atoms with Crippen molar-refractivity contribution < 1.29 is 9.90 Å². The molecule has 1 heterocycles. The highest BCUT2D eigenvalue weighted by Crippen LogP contribution is 2.18. The quantitative estimate of drug-likeness (QED) is 0.702. The van der Waals surface area contributed by atoms with Gasteiger partial charge in [0.05, 0.1) is 5.97 Å². The number of benzene rings is 1. The van der Waals surface area contributed by atoms with Gasteiger partial charge in [-0.1, -0.05) is 30.0 Å². The van der Waals surface area contributed by atoms with Gasteiger partial charge >= 0.3 is 0 Å². The third-order valence-corrected chi connectivity index (χ3v) is 2.79. The molecule has 0 saturated carbocycles. The number of carboxylic acids is 1.